The van der Waals surface area contributed by atoms with Crippen LogP contribution in [0.15, 0.2) is 47.6 Å². The summed E-state index contributed by atoms with van der Waals surface area (Å²) in [5.74, 6) is -0.180. The molecule has 8 heteroatoms. The predicted molar refractivity (Wildman–Crippen MR) is 85.7 cm³/mol. The number of hydrogen-bond donors (Lipinski definition) is 3. The molecule has 2 aromatic carbocycles. The van der Waals surface area contributed by atoms with Crippen molar-refractivity contribution in [3.63, 3.8) is 0 Å². The first kappa shape index (κ1) is 16.0. The van der Waals surface area contributed by atoms with Gasteiger partial charge in [-0.2, -0.15) is 5.10 Å². The zero-order valence-electron chi connectivity index (χ0n) is 12.2. The van der Waals surface area contributed by atoms with Gasteiger partial charge in [-0.05, 0) is 24.6 Å². The Kier molecular flexibility index (Phi) is 4.88. The Balaban J connectivity index is 2.01. The number of amides is 2. The molecule has 23 heavy (non-hydrogen) atoms. The molecule has 0 radical (unpaired) electrons. The first-order chi connectivity index (χ1) is 11.0. The Hall–Kier alpha value is -3.42. The molecule has 0 bridgehead atoms. The van der Waals surface area contributed by atoms with Gasteiger partial charge >= 0.3 is 6.03 Å². The molecule has 0 spiro atoms. The number of nitro benzene ring substituents is 1. The molecule has 0 heterocycles. The van der Waals surface area contributed by atoms with Gasteiger partial charge in [0.1, 0.15) is 5.75 Å². The third kappa shape index (κ3) is 4.27. The quantitative estimate of drug-likeness (QED) is 0.457. The number of phenols is 1. The highest BCUT2D eigenvalue weighted by Crippen LogP contribution is 2.21. The van der Waals surface area contributed by atoms with Crippen molar-refractivity contribution < 1.29 is 14.8 Å². The van der Waals surface area contributed by atoms with Crippen LogP contribution in [0.5, 0.6) is 5.75 Å². The predicted octanol–water partition coefficient (Wildman–Crippen LogP) is 2.76. The van der Waals surface area contributed by atoms with Crippen LogP contribution in [0.25, 0.3) is 0 Å². The summed E-state index contributed by atoms with van der Waals surface area (Å²) < 4.78 is 0. The number of anilines is 1. The average molecular weight is 314 g/mol. The highest BCUT2D eigenvalue weighted by atomic mass is 16.6. The molecule has 0 aliphatic heterocycles. The lowest BCUT2D eigenvalue weighted by molar-refractivity contribution is -0.384. The van der Waals surface area contributed by atoms with Crippen LogP contribution in [-0.2, 0) is 0 Å². The minimum absolute atomic E-state index is 0.121. The van der Waals surface area contributed by atoms with Gasteiger partial charge in [0, 0.05) is 23.4 Å². The van der Waals surface area contributed by atoms with Gasteiger partial charge in [0.25, 0.3) is 5.69 Å². The number of benzene rings is 2. The second-order valence-electron chi connectivity index (χ2n) is 4.64. The minimum atomic E-state index is -0.588. The summed E-state index contributed by atoms with van der Waals surface area (Å²) in [6, 6.07) is 10.2. The fourth-order valence-corrected chi connectivity index (χ4v) is 1.78. The SMILES string of the molecule is Cc1ccccc1NC(=O)N/N=C/c1cc([N+](=O)[O-])ccc1O. The van der Waals surface area contributed by atoms with E-state index in [-0.39, 0.29) is 17.0 Å². The van der Waals surface area contributed by atoms with Crippen molar-refractivity contribution in [1.82, 2.24) is 5.43 Å². The topological polar surface area (TPSA) is 117 Å². The van der Waals surface area contributed by atoms with Gasteiger partial charge in [-0.15, -0.1) is 0 Å². The van der Waals surface area contributed by atoms with Crippen LogP contribution in [0, 0.1) is 17.0 Å². The molecule has 0 unspecified atom stereocenters. The lowest BCUT2D eigenvalue weighted by atomic mass is 10.2. The first-order valence-electron chi connectivity index (χ1n) is 6.60. The molecule has 0 aliphatic carbocycles. The maximum absolute atomic E-state index is 11.7. The first-order valence-corrected chi connectivity index (χ1v) is 6.60. The molecule has 2 aromatic rings. The number of aryl methyl sites for hydroxylation is 1. The number of rotatable bonds is 4. The fourth-order valence-electron chi connectivity index (χ4n) is 1.78. The molecule has 0 aliphatic rings. The Morgan fingerprint density at radius 1 is 1.30 bits per heavy atom. The molecule has 118 valence electrons. The molecular formula is C15H14N4O4. The van der Waals surface area contributed by atoms with Gasteiger partial charge in [0.05, 0.1) is 11.1 Å². The normalized spacial score (nSPS) is 10.5. The summed E-state index contributed by atoms with van der Waals surface area (Å²) >= 11 is 0. The van der Waals surface area contributed by atoms with Crippen LogP contribution in [0.2, 0.25) is 0 Å². The minimum Gasteiger partial charge on any atom is -0.507 e. The summed E-state index contributed by atoms with van der Waals surface area (Å²) in [6.07, 6.45) is 1.12. The number of para-hydroxylation sites is 1. The highest BCUT2D eigenvalue weighted by Gasteiger charge is 2.09. The van der Waals surface area contributed by atoms with E-state index < -0.39 is 11.0 Å². The fraction of sp³-hybridized carbons (Fsp3) is 0.0667. The molecule has 0 atom stereocenters. The monoisotopic (exact) mass is 314 g/mol. The van der Waals surface area contributed by atoms with Crippen molar-refractivity contribution in [2.75, 3.05) is 5.32 Å². The summed E-state index contributed by atoms with van der Waals surface area (Å²) in [5.41, 5.74) is 3.68. The van der Waals surface area contributed by atoms with Gasteiger partial charge in [-0.25, -0.2) is 10.2 Å². The summed E-state index contributed by atoms with van der Waals surface area (Å²) in [7, 11) is 0. The zero-order chi connectivity index (χ0) is 16.8. The molecule has 2 amide bonds. The number of nitrogens with one attached hydrogen (secondary N) is 2. The van der Waals surface area contributed by atoms with Crippen LogP contribution in [0.3, 0.4) is 0 Å². The van der Waals surface area contributed by atoms with E-state index in [9.17, 15) is 20.0 Å². The molecule has 0 aromatic heterocycles. The lowest BCUT2D eigenvalue weighted by Crippen LogP contribution is -2.24. The molecule has 0 fully saturated rings. The Labute approximate surface area is 131 Å². The molecule has 2 rings (SSSR count). The van der Waals surface area contributed by atoms with Crippen molar-refractivity contribution in [3.8, 4) is 5.75 Å². The number of hydrazone groups is 1. The van der Waals surface area contributed by atoms with E-state index in [0.29, 0.717) is 5.69 Å². The molecule has 8 nitrogen and oxygen atoms in total. The molecular weight excluding hydrogens is 300 g/mol. The van der Waals surface area contributed by atoms with E-state index in [0.717, 1.165) is 17.8 Å². The summed E-state index contributed by atoms with van der Waals surface area (Å²) in [5, 5.41) is 26.6. The van der Waals surface area contributed by atoms with E-state index in [4.69, 9.17) is 0 Å². The van der Waals surface area contributed by atoms with E-state index in [1.165, 1.54) is 12.1 Å². The number of phenolic OH excluding ortho intramolecular Hbond substituents is 1. The van der Waals surface area contributed by atoms with E-state index in [2.05, 4.69) is 15.8 Å². The van der Waals surface area contributed by atoms with Gasteiger partial charge in [-0.3, -0.25) is 10.1 Å². The number of urea groups is 1. The number of non-ortho nitro benzene ring substituents is 1. The maximum atomic E-state index is 11.7. The standard InChI is InChI=1S/C15H14N4O4/c1-10-4-2-3-5-13(10)17-15(21)18-16-9-11-8-12(19(22)23)6-7-14(11)20/h2-9,20H,1H3,(H2,17,18,21)/b16-9+. The summed E-state index contributed by atoms with van der Waals surface area (Å²) in [6.45, 7) is 1.85. The van der Waals surface area contributed by atoms with E-state index in [1.807, 2.05) is 19.1 Å². The van der Waals surface area contributed by atoms with Gasteiger partial charge in [0.15, 0.2) is 0 Å². The van der Waals surface area contributed by atoms with Crippen LogP contribution in [-0.4, -0.2) is 22.3 Å². The highest BCUT2D eigenvalue weighted by molar-refractivity contribution is 5.91. The third-order valence-electron chi connectivity index (χ3n) is 2.98. The van der Waals surface area contributed by atoms with Crippen LogP contribution in [0.1, 0.15) is 11.1 Å². The van der Waals surface area contributed by atoms with E-state index in [1.54, 1.807) is 12.1 Å². The van der Waals surface area contributed by atoms with Crippen LogP contribution >= 0.6 is 0 Å². The average Bonchev–Trinajstić information content (AvgIpc) is 2.51. The lowest BCUT2D eigenvalue weighted by Gasteiger charge is -2.06. The van der Waals surface area contributed by atoms with Crippen LogP contribution in [0.4, 0.5) is 16.2 Å². The summed E-state index contributed by atoms with van der Waals surface area (Å²) in [4.78, 5) is 21.8. The maximum Gasteiger partial charge on any atom is 0.339 e. The number of nitrogens with zero attached hydrogens (tertiary/aromatic N) is 2. The van der Waals surface area contributed by atoms with Crippen molar-refractivity contribution >= 4 is 23.6 Å². The van der Waals surface area contributed by atoms with Crippen molar-refractivity contribution in [2.45, 2.75) is 6.92 Å². The molecule has 0 saturated heterocycles. The van der Waals surface area contributed by atoms with Gasteiger partial charge in [0.2, 0.25) is 0 Å². The third-order valence-corrected chi connectivity index (χ3v) is 2.98. The molecule has 3 N–H and O–H groups in total. The Morgan fingerprint density at radius 3 is 2.74 bits per heavy atom. The number of hydrogen-bond acceptors (Lipinski definition) is 5. The number of carbonyl (C=O) groups excluding carboxylic acids is 1. The van der Waals surface area contributed by atoms with Gasteiger partial charge in [-0.1, -0.05) is 18.2 Å². The van der Waals surface area contributed by atoms with Crippen molar-refractivity contribution in [1.29, 1.82) is 0 Å². The van der Waals surface area contributed by atoms with Crippen molar-refractivity contribution in [2.24, 2.45) is 5.10 Å². The number of aromatic hydroxyl groups is 1. The van der Waals surface area contributed by atoms with Crippen molar-refractivity contribution in [3.05, 3.63) is 63.7 Å². The zero-order valence-corrected chi connectivity index (χ0v) is 12.2. The largest absolute Gasteiger partial charge is 0.507 e. The second kappa shape index (κ2) is 7.03. The number of carbonyl (C=O) groups is 1. The number of nitro groups is 1. The molecule has 0 saturated carbocycles. The van der Waals surface area contributed by atoms with E-state index >= 15 is 0 Å². The second-order valence-corrected chi connectivity index (χ2v) is 4.64. The Bertz CT molecular complexity index is 774. The van der Waals surface area contributed by atoms with Gasteiger partial charge < -0.3 is 10.4 Å². The Morgan fingerprint density at radius 2 is 2.04 bits per heavy atom. The van der Waals surface area contributed by atoms with Crippen LogP contribution < -0.4 is 10.7 Å². The smallest absolute Gasteiger partial charge is 0.339 e.